The molecule has 214 valence electrons. The molecule has 11 nitrogen and oxygen atoms in total. The Labute approximate surface area is 230 Å². The second kappa shape index (κ2) is 10.7. The lowest BCUT2D eigenvalue weighted by Gasteiger charge is -2.34. The molecule has 1 atom stereocenters. The van der Waals surface area contributed by atoms with Gasteiger partial charge in [-0.25, -0.2) is 32.0 Å². The zero-order chi connectivity index (χ0) is 28.7. The van der Waals surface area contributed by atoms with E-state index in [9.17, 15) is 22.0 Å². The van der Waals surface area contributed by atoms with Crippen LogP contribution in [0.2, 0.25) is 0 Å². The lowest BCUT2D eigenvalue weighted by atomic mass is 10.1. The Morgan fingerprint density at radius 3 is 2.55 bits per heavy atom. The van der Waals surface area contributed by atoms with Crippen molar-refractivity contribution in [2.75, 3.05) is 36.5 Å². The fraction of sp³-hybridized carbons (Fsp3) is 0.462. The van der Waals surface area contributed by atoms with E-state index in [2.05, 4.69) is 20.6 Å². The van der Waals surface area contributed by atoms with Gasteiger partial charge in [-0.3, -0.25) is 4.68 Å². The SMILES string of the molecule is Cc1nn(C)cc1S(=O)(=O)C1(c2cc(N3CCOC[C@@H]3C)nc(-c3ccc(NC(=O)NCC(F)F)cc3)n2)CC1. The van der Waals surface area contributed by atoms with Crippen LogP contribution in [0.15, 0.2) is 41.4 Å². The Hall–Kier alpha value is -3.65. The number of halogens is 2. The van der Waals surface area contributed by atoms with E-state index in [-0.39, 0.29) is 10.9 Å². The predicted molar refractivity (Wildman–Crippen MR) is 144 cm³/mol. The molecule has 1 aromatic carbocycles. The largest absolute Gasteiger partial charge is 0.377 e. The van der Waals surface area contributed by atoms with Gasteiger partial charge in [0.05, 0.1) is 37.2 Å². The van der Waals surface area contributed by atoms with Gasteiger partial charge in [-0.1, -0.05) is 0 Å². The number of nitrogens with zero attached hydrogens (tertiary/aromatic N) is 5. The Morgan fingerprint density at radius 1 is 1.23 bits per heavy atom. The molecule has 2 fully saturated rings. The average molecular weight is 576 g/mol. The number of urea groups is 1. The maximum Gasteiger partial charge on any atom is 0.319 e. The molecule has 2 aromatic heterocycles. The van der Waals surface area contributed by atoms with Gasteiger partial charge < -0.3 is 20.3 Å². The van der Waals surface area contributed by atoms with Gasteiger partial charge in [-0.05, 0) is 51.0 Å². The van der Waals surface area contributed by atoms with E-state index in [1.54, 1.807) is 44.3 Å². The maximum atomic E-state index is 14.0. The summed E-state index contributed by atoms with van der Waals surface area (Å²) in [5.74, 6) is 0.943. The number of carbonyl (C=O) groups excluding carboxylic acids is 1. The van der Waals surface area contributed by atoms with Crippen molar-refractivity contribution in [3.05, 3.63) is 47.9 Å². The van der Waals surface area contributed by atoms with E-state index in [1.807, 2.05) is 6.92 Å². The van der Waals surface area contributed by atoms with Crippen molar-refractivity contribution in [1.29, 1.82) is 0 Å². The van der Waals surface area contributed by atoms with Gasteiger partial charge in [0.15, 0.2) is 15.7 Å². The number of nitrogens with one attached hydrogen (secondary N) is 2. The third-order valence-corrected chi connectivity index (χ3v) is 9.76. The number of aryl methyl sites for hydroxylation is 2. The van der Waals surface area contributed by atoms with Crippen LogP contribution in [0, 0.1) is 6.92 Å². The highest BCUT2D eigenvalue weighted by molar-refractivity contribution is 7.92. The number of ether oxygens (including phenoxy) is 1. The molecule has 40 heavy (non-hydrogen) atoms. The van der Waals surface area contributed by atoms with Gasteiger partial charge in [-0.15, -0.1) is 0 Å². The molecule has 1 saturated carbocycles. The summed E-state index contributed by atoms with van der Waals surface area (Å²) in [6.45, 7) is 4.57. The molecule has 0 radical (unpaired) electrons. The Morgan fingerprint density at radius 2 is 1.95 bits per heavy atom. The molecule has 1 aliphatic carbocycles. The molecule has 5 rings (SSSR count). The topological polar surface area (TPSA) is 131 Å². The molecule has 3 aromatic rings. The van der Waals surface area contributed by atoms with Crippen molar-refractivity contribution in [2.24, 2.45) is 7.05 Å². The van der Waals surface area contributed by atoms with Gasteiger partial charge in [0, 0.05) is 37.1 Å². The summed E-state index contributed by atoms with van der Waals surface area (Å²) < 4.78 is 58.5. The standard InChI is InChI=1S/C26H31F2N7O4S/c1-16-15-39-11-10-35(16)23-12-21(26(8-9-26)40(37,38)20-14-34(3)33-17(20)2)31-24(32-23)18-4-6-19(7-5-18)30-25(36)29-13-22(27)28/h4-7,12,14,16,22H,8-11,13,15H2,1-3H3,(H2,29,30,36)/t16-/m0/s1. The first-order valence-corrected chi connectivity index (χ1v) is 14.4. The molecule has 0 spiro atoms. The van der Waals surface area contributed by atoms with E-state index < -0.39 is 33.6 Å². The quantitative estimate of drug-likeness (QED) is 0.419. The fourth-order valence-corrected chi connectivity index (χ4v) is 7.05. The third-order valence-electron chi connectivity index (χ3n) is 7.14. The summed E-state index contributed by atoms with van der Waals surface area (Å²) in [7, 11) is -2.12. The van der Waals surface area contributed by atoms with Gasteiger partial charge in [0.2, 0.25) is 0 Å². The van der Waals surface area contributed by atoms with Crippen LogP contribution in [0.5, 0.6) is 0 Å². The number of hydrogen-bond donors (Lipinski definition) is 2. The number of alkyl halides is 2. The van der Waals surface area contributed by atoms with Crippen molar-refractivity contribution >= 4 is 27.4 Å². The van der Waals surface area contributed by atoms with Gasteiger partial charge >= 0.3 is 6.03 Å². The van der Waals surface area contributed by atoms with Crippen LogP contribution in [0.1, 0.15) is 31.2 Å². The van der Waals surface area contributed by atoms with Crippen molar-refractivity contribution in [3.63, 3.8) is 0 Å². The summed E-state index contributed by atoms with van der Waals surface area (Å²) in [5, 5.41) is 8.83. The molecule has 2 N–H and O–H groups in total. The number of amides is 2. The Bertz CT molecular complexity index is 1510. The number of aromatic nitrogens is 4. The molecule has 0 unspecified atom stereocenters. The summed E-state index contributed by atoms with van der Waals surface area (Å²) in [5.41, 5.74) is 1.85. The predicted octanol–water partition coefficient (Wildman–Crippen LogP) is 3.26. The maximum absolute atomic E-state index is 14.0. The highest BCUT2D eigenvalue weighted by atomic mass is 32.2. The first-order valence-electron chi connectivity index (χ1n) is 12.9. The number of hydrogen-bond acceptors (Lipinski definition) is 8. The molecule has 0 bridgehead atoms. The smallest absolute Gasteiger partial charge is 0.319 e. The first-order chi connectivity index (χ1) is 19.0. The number of sulfone groups is 1. The minimum atomic E-state index is -3.81. The van der Waals surface area contributed by atoms with Crippen molar-refractivity contribution in [3.8, 4) is 11.4 Å². The zero-order valence-electron chi connectivity index (χ0n) is 22.4. The zero-order valence-corrected chi connectivity index (χ0v) is 23.2. The first kappa shape index (κ1) is 27.9. The average Bonchev–Trinajstić information content (AvgIpc) is 3.67. The van der Waals surface area contributed by atoms with E-state index in [0.717, 1.165) is 0 Å². The molecule has 3 heterocycles. The van der Waals surface area contributed by atoms with E-state index in [0.29, 0.717) is 66.9 Å². The minimum Gasteiger partial charge on any atom is -0.377 e. The van der Waals surface area contributed by atoms with Crippen molar-refractivity contribution in [2.45, 2.75) is 48.8 Å². The third kappa shape index (κ3) is 5.37. The van der Waals surface area contributed by atoms with Crippen LogP contribution in [-0.2, 0) is 26.4 Å². The summed E-state index contributed by atoms with van der Waals surface area (Å²) >= 11 is 0. The van der Waals surface area contributed by atoms with Gasteiger partial charge in [0.1, 0.15) is 15.5 Å². The number of anilines is 2. The monoisotopic (exact) mass is 575 g/mol. The lowest BCUT2D eigenvalue weighted by Crippen LogP contribution is -2.44. The molecule has 14 heteroatoms. The minimum absolute atomic E-state index is 0.0232. The van der Waals surface area contributed by atoms with E-state index in [1.165, 1.54) is 10.9 Å². The molecular formula is C26H31F2N7O4S. The highest BCUT2D eigenvalue weighted by Crippen LogP contribution is 2.55. The molecule has 1 saturated heterocycles. The van der Waals surface area contributed by atoms with Crippen LogP contribution in [0.3, 0.4) is 0 Å². The van der Waals surface area contributed by atoms with Gasteiger partial charge in [-0.2, -0.15) is 5.10 Å². The van der Waals surface area contributed by atoms with E-state index in [4.69, 9.17) is 14.7 Å². The van der Waals surface area contributed by atoms with Crippen molar-refractivity contribution < 1.29 is 26.7 Å². The Balaban J connectivity index is 1.52. The molecule has 2 aliphatic rings. The van der Waals surface area contributed by atoms with Crippen molar-refractivity contribution in [1.82, 2.24) is 25.1 Å². The van der Waals surface area contributed by atoms with Crippen LogP contribution in [0.4, 0.5) is 25.1 Å². The summed E-state index contributed by atoms with van der Waals surface area (Å²) in [4.78, 5) is 23.7. The molecule has 1 aliphatic heterocycles. The highest BCUT2D eigenvalue weighted by Gasteiger charge is 2.58. The van der Waals surface area contributed by atoms with E-state index >= 15 is 0 Å². The Kier molecular flexibility index (Phi) is 7.48. The second-order valence-electron chi connectivity index (χ2n) is 10.1. The van der Waals surface area contributed by atoms with Crippen LogP contribution >= 0.6 is 0 Å². The fourth-order valence-electron chi connectivity index (χ4n) is 4.89. The number of rotatable bonds is 8. The molecular weight excluding hydrogens is 544 g/mol. The van der Waals surface area contributed by atoms with Gasteiger partial charge in [0.25, 0.3) is 6.43 Å². The van der Waals surface area contributed by atoms with Crippen LogP contribution in [0.25, 0.3) is 11.4 Å². The number of morpholine rings is 1. The second-order valence-corrected chi connectivity index (χ2v) is 12.3. The molecule has 2 amide bonds. The summed E-state index contributed by atoms with van der Waals surface area (Å²) in [6.07, 6.45) is -0.272. The van der Waals surface area contributed by atoms with Crippen LogP contribution < -0.4 is 15.5 Å². The van der Waals surface area contributed by atoms with Crippen LogP contribution in [-0.4, -0.2) is 73.0 Å². The number of benzene rings is 1. The summed E-state index contributed by atoms with van der Waals surface area (Å²) in [6, 6.07) is 7.63. The number of carbonyl (C=O) groups is 1. The normalized spacial score (nSPS) is 18.6. The lowest BCUT2D eigenvalue weighted by molar-refractivity contribution is 0.0985.